The lowest BCUT2D eigenvalue weighted by Gasteiger charge is -1.95. The summed E-state index contributed by atoms with van der Waals surface area (Å²) in [4.78, 5) is 20.0. The van der Waals surface area contributed by atoms with Crippen LogP contribution >= 0.6 is 0 Å². The summed E-state index contributed by atoms with van der Waals surface area (Å²) in [5.74, 6) is -0.950. The predicted octanol–water partition coefficient (Wildman–Crippen LogP) is 1.75. The van der Waals surface area contributed by atoms with Gasteiger partial charge < -0.3 is 5.11 Å². The lowest BCUT2D eigenvalue weighted by Crippen LogP contribution is -1.99. The molecule has 1 rings (SSSR count). The summed E-state index contributed by atoms with van der Waals surface area (Å²) < 4.78 is 0. The number of rotatable bonds is 3. The SMILES string of the molecule is CC#N.O=C(O)Cc1ccc([N+](=O)[O-])cc1. The molecular formula is C10H10N2O4. The second-order valence-electron chi connectivity index (χ2n) is 2.72. The number of aliphatic carboxylic acids is 1. The molecule has 6 nitrogen and oxygen atoms in total. The van der Waals surface area contributed by atoms with Gasteiger partial charge in [0.15, 0.2) is 0 Å². The van der Waals surface area contributed by atoms with Gasteiger partial charge in [0.25, 0.3) is 5.69 Å². The first-order chi connectivity index (χ1) is 7.51. The standard InChI is InChI=1S/C8H7NO4.C2H3N/c10-8(11)5-6-1-3-7(4-2-6)9(12)13;1-2-3/h1-4H,5H2,(H,10,11);1H3. The van der Waals surface area contributed by atoms with Crippen LogP contribution in [0.5, 0.6) is 0 Å². The maximum absolute atomic E-state index is 10.3. The van der Waals surface area contributed by atoms with Crippen molar-refractivity contribution in [2.45, 2.75) is 13.3 Å². The highest BCUT2D eigenvalue weighted by molar-refractivity contribution is 5.70. The highest BCUT2D eigenvalue weighted by Gasteiger charge is 2.05. The Morgan fingerprint density at radius 3 is 2.25 bits per heavy atom. The third-order valence-corrected chi connectivity index (χ3v) is 1.50. The summed E-state index contributed by atoms with van der Waals surface area (Å²) >= 11 is 0. The molecule has 0 aliphatic rings. The van der Waals surface area contributed by atoms with Gasteiger partial charge in [-0.3, -0.25) is 14.9 Å². The van der Waals surface area contributed by atoms with E-state index in [4.69, 9.17) is 10.4 Å². The Balaban J connectivity index is 0.000000673. The topological polar surface area (TPSA) is 104 Å². The molecule has 0 bridgehead atoms. The Hall–Kier alpha value is -2.42. The van der Waals surface area contributed by atoms with Crippen LogP contribution in [0, 0.1) is 21.4 Å². The smallest absolute Gasteiger partial charge is 0.307 e. The average molecular weight is 222 g/mol. The molecule has 16 heavy (non-hydrogen) atoms. The molecule has 0 aliphatic carbocycles. The van der Waals surface area contributed by atoms with E-state index in [-0.39, 0.29) is 12.1 Å². The molecular weight excluding hydrogens is 212 g/mol. The van der Waals surface area contributed by atoms with Gasteiger partial charge in [0.1, 0.15) is 0 Å². The van der Waals surface area contributed by atoms with E-state index in [1.54, 1.807) is 6.07 Å². The van der Waals surface area contributed by atoms with Crippen LogP contribution in [0.1, 0.15) is 12.5 Å². The van der Waals surface area contributed by atoms with Crippen molar-refractivity contribution in [3.8, 4) is 6.07 Å². The largest absolute Gasteiger partial charge is 0.481 e. The van der Waals surface area contributed by atoms with Crippen molar-refractivity contribution in [1.29, 1.82) is 5.26 Å². The lowest BCUT2D eigenvalue weighted by molar-refractivity contribution is -0.384. The van der Waals surface area contributed by atoms with Gasteiger partial charge in [-0.2, -0.15) is 5.26 Å². The number of nitrogens with zero attached hydrogens (tertiary/aromatic N) is 2. The number of hydrogen-bond donors (Lipinski definition) is 1. The van der Waals surface area contributed by atoms with Gasteiger partial charge in [0, 0.05) is 19.1 Å². The normalized spacial score (nSPS) is 8.25. The Morgan fingerprint density at radius 1 is 1.50 bits per heavy atom. The number of nitro groups is 1. The van der Waals surface area contributed by atoms with E-state index < -0.39 is 10.9 Å². The third-order valence-electron chi connectivity index (χ3n) is 1.50. The van der Waals surface area contributed by atoms with Gasteiger partial charge in [0.2, 0.25) is 0 Å². The second kappa shape index (κ2) is 6.95. The summed E-state index contributed by atoms with van der Waals surface area (Å²) in [6.45, 7) is 1.43. The summed E-state index contributed by atoms with van der Waals surface area (Å²) in [6.07, 6.45) is -0.113. The van der Waals surface area contributed by atoms with Gasteiger partial charge in [-0.25, -0.2) is 0 Å². The van der Waals surface area contributed by atoms with Gasteiger partial charge >= 0.3 is 5.97 Å². The summed E-state index contributed by atoms with van der Waals surface area (Å²) in [5, 5.41) is 26.0. The summed E-state index contributed by atoms with van der Waals surface area (Å²) in [7, 11) is 0. The van der Waals surface area contributed by atoms with Crippen LogP contribution in [0.2, 0.25) is 0 Å². The number of nitro benzene ring substituents is 1. The lowest BCUT2D eigenvalue weighted by atomic mass is 10.1. The quantitative estimate of drug-likeness (QED) is 0.619. The summed E-state index contributed by atoms with van der Waals surface area (Å²) in [5.41, 5.74) is 0.521. The van der Waals surface area contributed by atoms with Crippen molar-refractivity contribution in [3.05, 3.63) is 39.9 Å². The molecule has 6 heteroatoms. The molecule has 0 radical (unpaired) electrons. The Labute approximate surface area is 91.9 Å². The van der Waals surface area contributed by atoms with E-state index in [1.807, 2.05) is 0 Å². The first kappa shape index (κ1) is 13.6. The molecule has 1 N–H and O–H groups in total. The summed E-state index contributed by atoms with van der Waals surface area (Å²) in [6, 6.07) is 7.20. The number of hydrogen-bond acceptors (Lipinski definition) is 4. The van der Waals surface area contributed by atoms with Crippen molar-refractivity contribution in [3.63, 3.8) is 0 Å². The van der Waals surface area contributed by atoms with Crippen molar-refractivity contribution >= 4 is 11.7 Å². The molecule has 0 saturated heterocycles. The molecule has 1 aromatic rings. The molecule has 0 aliphatic heterocycles. The molecule has 0 fully saturated rings. The molecule has 0 heterocycles. The zero-order chi connectivity index (χ0) is 12.6. The molecule has 0 unspecified atom stereocenters. The third kappa shape index (κ3) is 5.34. The minimum absolute atomic E-state index is 0.0332. The van der Waals surface area contributed by atoms with Crippen molar-refractivity contribution < 1.29 is 14.8 Å². The van der Waals surface area contributed by atoms with E-state index in [1.165, 1.54) is 31.2 Å². The fraction of sp³-hybridized carbons (Fsp3) is 0.200. The van der Waals surface area contributed by atoms with E-state index >= 15 is 0 Å². The minimum atomic E-state index is -0.950. The molecule has 84 valence electrons. The molecule has 0 atom stereocenters. The van der Waals surface area contributed by atoms with E-state index in [9.17, 15) is 14.9 Å². The fourth-order valence-electron chi connectivity index (χ4n) is 0.910. The molecule has 0 aromatic heterocycles. The number of nitriles is 1. The van der Waals surface area contributed by atoms with Crippen molar-refractivity contribution in [2.75, 3.05) is 0 Å². The zero-order valence-electron chi connectivity index (χ0n) is 8.58. The molecule has 0 amide bonds. The number of carboxylic acid groups (broad SMARTS) is 1. The Kier molecular flexibility index (Phi) is 5.90. The second-order valence-corrected chi connectivity index (χ2v) is 2.72. The number of non-ortho nitro benzene ring substituents is 1. The van der Waals surface area contributed by atoms with Crippen LogP contribution in [0.15, 0.2) is 24.3 Å². The van der Waals surface area contributed by atoms with Crippen molar-refractivity contribution in [2.24, 2.45) is 0 Å². The average Bonchev–Trinajstić information content (AvgIpc) is 2.18. The van der Waals surface area contributed by atoms with Crippen LogP contribution in [0.4, 0.5) is 5.69 Å². The number of carbonyl (C=O) groups is 1. The zero-order valence-corrected chi connectivity index (χ0v) is 8.58. The maximum atomic E-state index is 10.3. The maximum Gasteiger partial charge on any atom is 0.307 e. The molecule has 1 aromatic carbocycles. The highest BCUT2D eigenvalue weighted by atomic mass is 16.6. The van der Waals surface area contributed by atoms with Gasteiger partial charge in [-0.1, -0.05) is 12.1 Å². The van der Waals surface area contributed by atoms with Gasteiger partial charge in [-0.15, -0.1) is 0 Å². The van der Waals surface area contributed by atoms with Crippen LogP contribution in [0.25, 0.3) is 0 Å². The monoisotopic (exact) mass is 222 g/mol. The fourth-order valence-corrected chi connectivity index (χ4v) is 0.910. The molecule has 0 spiro atoms. The minimum Gasteiger partial charge on any atom is -0.481 e. The van der Waals surface area contributed by atoms with Gasteiger partial charge in [-0.05, 0) is 5.56 Å². The predicted molar refractivity (Wildman–Crippen MR) is 55.7 cm³/mol. The van der Waals surface area contributed by atoms with E-state index in [0.717, 1.165) is 0 Å². The first-order valence-corrected chi connectivity index (χ1v) is 4.27. The highest BCUT2D eigenvalue weighted by Crippen LogP contribution is 2.11. The Morgan fingerprint density at radius 2 is 1.94 bits per heavy atom. The van der Waals surface area contributed by atoms with E-state index in [2.05, 4.69) is 0 Å². The number of benzene rings is 1. The van der Waals surface area contributed by atoms with Gasteiger partial charge in [0.05, 0.1) is 17.4 Å². The Bertz CT molecular complexity index is 406. The van der Waals surface area contributed by atoms with Crippen LogP contribution in [-0.4, -0.2) is 16.0 Å². The molecule has 0 saturated carbocycles. The van der Waals surface area contributed by atoms with Crippen LogP contribution in [0.3, 0.4) is 0 Å². The van der Waals surface area contributed by atoms with Crippen molar-refractivity contribution in [1.82, 2.24) is 0 Å². The number of carboxylic acids is 1. The van der Waals surface area contributed by atoms with Crippen LogP contribution < -0.4 is 0 Å². The first-order valence-electron chi connectivity index (χ1n) is 4.27. The van der Waals surface area contributed by atoms with Crippen LogP contribution in [-0.2, 0) is 11.2 Å². The van der Waals surface area contributed by atoms with E-state index in [0.29, 0.717) is 5.56 Å².